The predicted molar refractivity (Wildman–Crippen MR) is 86.6 cm³/mol. The Balaban J connectivity index is 2.13. The first kappa shape index (κ1) is 16.4. The van der Waals surface area contributed by atoms with Crippen LogP contribution in [0.2, 0.25) is 0 Å². The fourth-order valence-electron chi connectivity index (χ4n) is 2.45. The topological polar surface area (TPSA) is 73.2 Å². The molecule has 0 heterocycles. The van der Waals surface area contributed by atoms with Crippen molar-refractivity contribution in [3.05, 3.63) is 30.3 Å². The highest BCUT2D eigenvalue weighted by Crippen LogP contribution is 2.39. The monoisotopic (exact) mass is 305 g/mol. The summed E-state index contributed by atoms with van der Waals surface area (Å²) in [4.78, 5) is 2.11. The molecule has 5 heteroatoms. The number of ether oxygens (including phenoxy) is 1. The third kappa shape index (κ3) is 3.61. The number of fused-ring (bicyclic) bond motifs is 1. The van der Waals surface area contributed by atoms with E-state index in [0.717, 1.165) is 13.1 Å². The number of hydrogen-bond acceptors (Lipinski definition) is 5. The lowest BCUT2D eigenvalue weighted by Crippen LogP contribution is -2.35. The van der Waals surface area contributed by atoms with Crippen molar-refractivity contribution >= 4 is 10.8 Å². The minimum Gasteiger partial charge on any atom is -0.504 e. The van der Waals surface area contributed by atoms with Crippen molar-refractivity contribution in [1.29, 1.82) is 0 Å². The van der Waals surface area contributed by atoms with Gasteiger partial charge in [0.15, 0.2) is 11.5 Å². The van der Waals surface area contributed by atoms with Gasteiger partial charge in [0.2, 0.25) is 0 Å². The van der Waals surface area contributed by atoms with Crippen LogP contribution in [0.25, 0.3) is 10.8 Å². The minimum absolute atomic E-state index is 0.130. The summed E-state index contributed by atoms with van der Waals surface area (Å²) in [6, 6.07) is 8.50. The second-order valence-corrected chi connectivity index (χ2v) is 5.24. The van der Waals surface area contributed by atoms with E-state index in [0.29, 0.717) is 23.1 Å². The van der Waals surface area contributed by atoms with Gasteiger partial charge in [0.1, 0.15) is 18.5 Å². The molecule has 2 rings (SSSR count). The molecule has 1 atom stereocenters. The Kier molecular flexibility index (Phi) is 5.46. The largest absolute Gasteiger partial charge is 0.504 e. The van der Waals surface area contributed by atoms with Gasteiger partial charge in [-0.15, -0.1) is 0 Å². The lowest BCUT2D eigenvalue weighted by Gasteiger charge is -2.22. The van der Waals surface area contributed by atoms with Crippen LogP contribution in [0.5, 0.6) is 17.2 Å². The molecule has 5 nitrogen and oxygen atoms in total. The third-order valence-corrected chi connectivity index (χ3v) is 3.75. The molecule has 120 valence electrons. The molecule has 22 heavy (non-hydrogen) atoms. The van der Waals surface area contributed by atoms with E-state index in [1.165, 1.54) is 6.07 Å². The van der Waals surface area contributed by atoms with E-state index >= 15 is 0 Å². The van der Waals surface area contributed by atoms with E-state index in [2.05, 4.69) is 4.90 Å². The number of hydrogen-bond donors (Lipinski definition) is 3. The lowest BCUT2D eigenvalue weighted by molar-refractivity contribution is 0.0721. The van der Waals surface area contributed by atoms with Crippen LogP contribution in [0.3, 0.4) is 0 Å². The molecule has 0 saturated carbocycles. The normalized spacial score (nSPS) is 12.7. The van der Waals surface area contributed by atoms with Crippen molar-refractivity contribution in [1.82, 2.24) is 4.90 Å². The summed E-state index contributed by atoms with van der Waals surface area (Å²) in [6.45, 7) is 6.50. The number of phenolic OH excluding ortho intramolecular Hbond substituents is 2. The quantitative estimate of drug-likeness (QED) is 0.685. The molecule has 2 aromatic carbocycles. The van der Waals surface area contributed by atoms with Gasteiger partial charge in [-0.25, -0.2) is 0 Å². The van der Waals surface area contributed by atoms with Gasteiger partial charge in [0, 0.05) is 23.4 Å². The summed E-state index contributed by atoms with van der Waals surface area (Å²) < 4.78 is 5.66. The summed E-state index contributed by atoms with van der Waals surface area (Å²) in [5, 5.41) is 31.0. The first-order valence-corrected chi connectivity index (χ1v) is 7.53. The molecular formula is C17H23NO4. The average molecular weight is 305 g/mol. The summed E-state index contributed by atoms with van der Waals surface area (Å²) in [5.41, 5.74) is 0. The maximum atomic E-state index is 10.1. The second kappa shape index (κ2) is 7.33. The van der Waals surface area contributed by atoms with Crippen molar-refractivity contribution in [2.24, 2.45) is 0 Å². The molecule has 1 unspecified atom stereocenters. The standard InChI is InChI=1S/C17H23NO4/c1-3-18(4-2)10-12(19)11-22-16-9-15(20)17(21)14-8-6-5-7-13(14)16/h5-9,12,19-21H,3-4,10-11H2,1-2H3. The highest BCUT2D eigenvalue weighted by molar-refractivity contribution is 5.95. The fourth-order valence-corrected chi connectivity index (χ4v) is 2.45. The maximum absolute atomic E-state index is 10.1. The first-order valence-electron chi connectivity index (χ1n) is 7.53. The molecule has 0 bridgehead atoms. The number of aliphatic hydroxyl groups is 1. The summed E-state index contributed by atoms with van der Waals surface area (Å²) >= 11 is 0. The third-order valence-electron chi connectivity index (χ3n) is 3.75. The Hall–Kier alpha value is -1.98. The van der Waals surface area contributed by atoms with Gasteiger partial charge < -0.3 is 25.0 Å². The number of nitrogens with zero attached hydrogens (tertiary/aromatic N) is 1. The Labute approximate surface area is 130 Å². The Morgan fingerprint density at radius 3 is 2.36 bits per heavy atom. The number of aliphatic hydroxyl groups excluding tert-OH is 1. The highest BCUT2D eigenvalue weighted by atomic mass is 16.5. The van der Waals surface area contributed by atoms with E-state index in [4.69, 9.17) is 4.74 Å². The smallest absolute Gasteiger partial charge is 0.165 e. The number of aromatic hydroxyl groups is 2. The van der Waals surface area contributed by atoms with E-state index < -0.39 is 6.10 Å². The Bertz CT molecular complexity index is 625. The summed E-state index contributed by atoms with van der Waals surface area (Å²) in [6.07, 6.45) is -0.616. The van der Waals surface area contributed by atoms with Crippen LogP contribution >= 0.6 is 0 Å². The minimum atomic E-state index is -0.616. The molecule has 0 fully saturated rings. The average Bonchev–Trinajstić information content (AvgIpc) is 2.54. The highest BCUT2D eigenvalue weighted by Gasteiger charge is 2.14. The summed E-state index contributed by atoms with van der Waals surface area (Å²) in [7, 11) is 0. The Morgan fingerprint density at radius 2 is 1.73 bits per heavy atom. The van der Waals surface area contributed by atoms with Crippen molar-refractivity contribution in [3.8, 4) is 17.2 Å². The maximum Gasteiger partial charge on any atom is 0.165 e. The van der Waals surface area contributed by atoms with Gasteiger partial charge >= 0.3 is 0 Å². The molecule has 0 aliphatic rings. The number of rotatable bonds is 7. The lowest BCUT2D eigenvalue weighted by atomic mass is 10.1. The van der Waals surface area contributed by atoms with Crippen LogP contribution in [-0.2, 0) is 0 Å². The van der Waals surface area contributed by atoms with Crippen molar-refractivity contribution < 1.29 is 20.1 Å². The first-order chi connectivity index (χ1) is 10.6. The molecule has 0 saturated heterocycles. The SMILES string of the molecule is CCN(CC)CC(O)COc1cc(O)c(O)c2ccccc12. The molecule has 0 aromatic heterocycles. The van der Waals surface area contributed by atoms with Gasteiger partial charge in [-0.05, 0) is 13.1 Å². The van der Waals surface area contributed by atoms with E-state index in [1.54, 1.807) is 18.2 Å². The Morgan fingerprint density at radius 1 is 1.09 bits per heavy atom. The molecule has 3 N–H and O–H groups in total. The predicted octanol–water partition coefficient (Wildman–Crippen LogP) is 2.33. The van der Waals surface area contributed by atoms with Gasteiger partial charge in [0.25, 0.3) is 0 Å². The van der Waals surface area contributed by atoms with E-state index in [9.17, 15) is 15.3 Å². The van der Waals surface area contributed by atoms with Crippen molar-refractivity contribution in [2.75, 3.05) is 26.2 Å². The molecule has 0 spiro atoms. The van der Waals surface area contributed by atoms with Crippen LogP contribution < -0.4 is 4.74 Å². The van der Waals surface area contributed by atoms with Crippen LogP contribution in [0.15, 0.2) is 30.3 Å². The zero-order chi connectivity index (χ0) is 16.1. The molecular weight excluding hydrogens is 282 g/mol. The van der Waals surface area contributed by atoms with E-state index in [-0.39, 0.29) is 18.1 Å². The summed E-state index contributed by atoms with van der Waals surface area (Å²) in [5.74, 6) is 0.0584. The molecule has 0 radical (unpaired) electrons. The van der Waals surface area contributed by atoms with Gasteiger partial charge in [-0.3, -0.25) is 0 Å². The van der Waals surface area contributed by atoms with Crippen molar-refractivity contribution in [3.63, 3.8) is 0 Å². The zero-order valence-corrected chi connectivity index (χ0v) is 13.0. The van der Waals surface area contributed by atoms with Gasteiger partial charge in [-0.1, -0.05) is 38.1 Å². The zero-order valence-electron chi connectivity index (χ0n) is 13.0. The van der Waals surface area contributed by atoms with E-state index in [1.807, 2.05) is 19.9 Å². The molecule has 0 amide bonds. The van der Waals surface area contributed by atoms with Crippen LogP contribution in [0.4, 0.5) is 0 Å². The van der Waals surface area contributed by atoms with Crippen molar-refractivity contribution in [2.45, 2.75) is 20.0 Å². The van der Waals surface area contributed by atoms with Crippen LogP contribution in [0, 0.1) is 0 Å². The molecule has 2 aromatic rings. The molecule has 0 aliphatic carbocycles. The fraction of sp³-hybridized carbons (Fsp3) is 0.412. The van der Waals surface area contributed by atoms with Crippen LogP contribution in [0.1, 0.15) is 13.8 Å². The number of phenols is 2. The number of benzene rings is 2. The van der Waals surface area contributed by atoms with Gasteiger partial charge in [-0.2, -0.15) is 0 Å². The van der Waals surface area contributed by atoms with Gasteiger partial charge in [0.05, 0.1) is 0 Å². The molecule has 0 aliphatic heterocycles. The van der Waals surface area contributed by atoms with Crippen LogP contribution in [-0.4, -0.2) is 52.6 Å². The second-order valence-electron chi connectivity index (χ2n) is 5.24. The number of likely N-dealkylation sites (N-methyl/N-ethyl adjacent to an activating group) is 1.